The van der Waals surface area contributed by atoms with Crippen LogP contribution >= 0.6 is 12.2 Å². The van der Waals surface area contributed by atoms with Gasteiger partial charge in [-0.15, -0.1) is 5.06 Å². The van der Waals surface area contributed by atoms with Crippen molar-refractivity contribution in [3.05, 3.63) is 65.7 Å². The van der Waals surface area contributed by atoms with Crippen LogP contribution in [0.15, 0.2) is 54.6 Å². The highest BCUT2D eigenvalue weighted by Crippen LogP contribution is 2.35. The van der Waals surface area contributed by atoms with Crippen molar-refractivity contribution in [3.8, 4) is 5.75 Å². The fourth-order valence-electron chi connectivity index (χ4n) is 3.55. The molecule has 0 saturated carbocycles. The van der Waals surface area contributed by atoms with Crippen LogP contribution in [0.4, 0.5) is 5.69 Å². The first-order valence-corrected chi connectivity index (χ1v) is 10.1. The second-order valence-electron chi connectivity index (χ2n) is 7.33. The molecule has 0 bridgehead atoms. The molecule has 2 aliphatic rings. The zero-order chi connectivity index (χ0) is 20.3. The zero-order valence-corrected chi connectivity index (χ0v) is 17.4. The molecule has 0 amide bonds. The minimum atomic E-state index is -0.308. The fraction of sp³-hybridized carbons (Fsp3) is 0.318. The third kappa shape index (κ3) is 4.53. The van der Waals surface area contributed by atoms with Crippen LogP contribution in [0.3, 0.4) is 0 Å². The zero-order valence-electron chi connectivity index (χ0n) is 16.6. The molecule has 1 spiro atoms. The van der Waals surface area contributed by atoms with Crippen LogP contribution in [0.25, 0.3) is 5.70 Å². The average Bonchev–Trinajstić information content (AvgIpc) is 3.14. The lowest BCUT2D eigenvalue weighted by atomic mass is 9.91. The van der Waals surface area contributed by atoms with Gasteiger partial charge in [0.15, 0.2) is 0 Å². The van der Waals surface area contributed by atoms with Gasteiger partial charge >= 0.3 is 0 Å². The van der Waals surface area contributed by atoms with Crippen molar-refractivity contribution >= 4 is 28.8 Å². The summed E-state index contributed by atoms with van der Waals surface area (Å²) in [6.07, 6.45) is 3.82. The number of benzene rings is 2. The molecule has 7 heteroatoms. The summed E-state index contributed by atoms with van der Waals surface area (Å²) < 4.78 is 5.33. The molecule has 0 radical (unpaired) electrons. The van der Waals surface area contributed by atoms with Crippen LogP contribution in [0.1, 0.15) is 24.0 Å². The number of hydrogen-bond donors (Lipinski definition) is 2. The number of ether oxygens (including phenoxy) is 1. The molecular formula is C22H25N3O3S. The van der Waals surface area contributed by atoms with E-state index in [1.165, 1.54) is 5.56 Å². The smallest absolute Gasteiger partial charge is 0.283 e. The molecule has 1 fully saturated rings. The Hall–Kier alpha value is -2.61. The van der Waals surface area contributed by atoms with Gasteiger partial charge in [0.25, 0.3) is 5.17 Å². The molecule has 1 saturated heterocycles. The predicted octanol–water partition coefficient (Wildman–Crippen LogP) is 4.04. The largest absolute Gasteiger partial charge is 0.495 e. The van der Waals surface area contributed by atoms with Crippen molar-refractivity contribution in [2.45, 2.75) is 25.4 Å². The van der Waals surface area contributed by atoms with E-state index in [1.807, 2.05) is 29.3 Å². The van der Waals surface area contributed by atoms with Crippen LogP contribution in [-0.4, -0.2) is 36.0 Å². The second-order valence-corrected chi connectivity index (χ2v) is 7.70. The van der Waals surface area contributed by atoms with Crippen LogP contribution in [0.2, 0.25) is 0 Å². The maximum Gasteiger partial charge on any atom is 0.283 e. The first kappa shape index (κ1) is 19.7. The lowest BCUT2D eigenvalue weighted by Gasteiger charge is -2.35. The van der Waals surface area contributed by atoms with E-state index in [2.05, 4.69) is 48.1 Å². The van der Waals surface area contributed by atoms with Crippen LogP contribution in [0, 0.1) is 6.92 Å². The van der Waals surface area contributed by atoms with Crippen molar-refractivity contribution in [2.75, 3.05) is 25.5 Å². The number of piperidine rings is 1. The van der Waals surface area contributed by atoms with E-state index in [0.29, 0.717) is 18.3 Å². The van der Waals surface area contributed by atoms with Gasteiger partial charge in [0.2, 0.25) is 0 Å². The Morgan fingerprint density at radius 1 is 1.14 bits per heavy atom. The molecule has 0 unspecified atom stereocenters. The molecule has 2 N–H and O–H groups in total. The fourth-order valence-corrected chi connectivity index (χ4v) is 3.77. The highest BCUT2D eigenvalue weighted by atomic mass is 32.1. The lowest BCUT2D eigenvalue weighted by Crippen LogP contribution is -2.45. The van der Waals surface area contributed by atoms with Crippen molar-refractivity contribution in [1.29, 1.82) is 0 Å². The molecule has 0 aromatic heterocycles. The second kappa shape index (κ2) is 8.41. The number of thiocarbonyl (C=S) groups is 1. The summed E-state index contributed by atoms with van der Waals surface area (Å²) in [5.74, 6) is 0.718. The topological polar surface area (TPSA) is 55.0 Å². The van der Waals surface area contributed by atoms with Crippen LogP contribution < -0.4 is 15.5 Å². The van der Waals surface area contributed by atoms with E-state index in [-0.39, 0.29) is 5.60 Å². The van der Waals surface area contributed by atoms with Gasteiger partial charge in [0, 0.05) is 13.1 Å². The number of hydroxylamine groups is 3. The third-order valence-electron chi connectivity index (χ3n) is 5.26. The molecule has 0 aliphatic carbocycles. The van der Waals surface area contributed by atoms with E-state index >= 15 is 0 Å². The number of nitrogens with zero attached hydrogens (tertiary/aromatic N) is 1. The average molecular weight is 412 g/mol. The monoisotopic (exact) mass is 411 g/mol. The van der Waals surface area contributed by atoms with Gasteiger partial charge in [-0.25, -0.2) is 0 Å². The number of aryl methyl sites for hydroxylation is 1. The highest BCUT2D eigenvalue weighted by molar-refractivity contribution is 7.80. The minimum absolute atomic E-state index is 0.298. The summed E-state index contributed by atoms with van der Waals surface area (Å²) in [7, 11) is 1.63. The number of para-hydroxylation sites is 2. The molecule has 2 aromatic carbocycles. The summed E-state index contributed by atoms with van der Waals surface area (Å²) in [5, 5.41) is 5.26. The Kier molecular flexibility index (Phi) is 5.71. The molecule has 4 rings (SSSR count). The third-order valence-corrected chi connectivity index (χ3v) is 5.44. The summed E-state index contributed by atoms with van der Waals surface area (Å²) in [5.41, 5.74) is 6.97. The van der Waals surface area contributed by atoms with Gasteiger partial charge in [-0.3, -0.25) is 10.3 Å². The number of nitrogens with one attached hydrogen (secondary N) is 2. The first-order chi connectivity index (χ1) is 14.1. The first-order valence-electron chi connectivity index (χ1n) is 9.68. The number of hydrogen-bond acceptors (Lipinski definition) is 6. The van der Waals surface area contributed by atoms with Gasteiger partial charge in [-0.1, -0.05) is 42.0 Å². The molecule has 152 valence electrons. The SMILES string of the molecule is COc1ccccc1NC(=S)ON1CCC2(C=C(c3ccc(C)cc3)NO2)CC1. The van der Waals surface area contributed by atoms with Crippen molar-refractivity contribution in [2.24, 2.45) is 0 Å². The Bertz CT molecular complexity index is 906. The Morgan fingerprint density at radius 3 is 2.59 bits per heavy atom. The van der Waals surface area contributed by atoms with E-state index in [9.17, 15) is 0 Å². The maximum atomic E-state index is 5.97. The molecule has 0 atom stereocenters. The summed E-state index contributed by atoms with van der Waals surface area (Å²) in [6, 6.07) is 16.0. The summed E-state index contributed by atoms with van der Waals surface area (Å²) in [6.45, 7) is 3.52. The molecule has 2 heterocycles. The molecule has 29 heavy (non-hydrogen) atoms. The number of anilines is 1. The van der Waals surface area contributed by atoms with Gasteiger partial charge in [-0.05, 0) is 55.8 Å². The number of rotatable bonds is 4. The molecule has 2 aliphatic heterocycles. The highest BCUT2D eigenvalue weighted by Gasteiger charge is 2.39. The van der Waals surface area contributed by atoms with Crippen molar-refractivity contribution < 1.29 is 14.4 Å². The van der Waals surface area contributed by atoms with Crippen LogP contribution in [0.5, 0.6) is 5.75 Å². The Labute approximate surface area is 176 Å². The Balaban J connectivity index is 1.32. The van der Waals surface area contributed by atoms with Gasteiger partial charge in [-0.2, -0.15) is 0 Å². The van der Waals surface area contributed by atoms with E-state index < -0.39 is 0 Å². The quantitative estimate of drug-likeness (QED) is 0.737. The predicted molar refractivity (Wildman–Crippen MR) is 117 cm³/mol. The molecule has 2 aromatic rings. The maximum absolute atomic E-state index is 5.97. The Morgan fingerprint density at radius 2 is 1.86 bits per heavy atom. The summed E-state index contributed by atoms with van der Waals surface area (Å²) in [4.78, 5) is 11.8. The molecule has 6 nitrogen and oxygen atoms in total. The lowest BCUT2D eigenvalue weighted by molar-refractivity contribution is -0.142. The van der Waals surface area contributed by atoms with E-state index in [1.54, 1.807) is 7.11 Å². The van der Waals surface area contributed by atoms with Crippen molar-refractivity contribution in [1.82, 2.24) is 10.5 Å². The number of methoxy groups -OCH3 is 1. The standard InChI is InChI=1S/C22H25N3O3S/c1-16-7-9-17(10-8-16)19-15-22(28-24-19)11-13-25(14-12-22)27-21(29)23-18-5-3-4-6-20(18)26-2/h3-10,15,24H,11-14H2,1-2H3,(H,23,29). The van der Waals surface area contributed by atoms with Crippen LogP contribution in [-0.2, 0) is 9.68 Å². The van der Waals surface area contributed by atoms with E-state index in [4.69, 9.17) is 26.6 Å². The van der Waals surface area contributed by atoms with Gasteiger partial charge in [0.05, 0.1) is 18.5 Å². The van der Waals surface area contributed by atoms with Crippen molar-refractivity contribution in [3.63, 3.8) is 0 Å². The van der Waals surface area contributed by atoms with Gasteiger partial charge in [0.1, 0.15) is 11.4 Å². The minimum Gasteiger partial charge on any atom is -0.495 e. The molecular weight excluding hydrogens is 386 g/mol. The summed E-state index contributed by atoms with van der Waals surface area (Å²) >= 11 is 5.36. The normalized spacial score (nSPS) is 18.1. The van der Waals surface area contributed by atoms with Gasteiger partial charge < -0.3 is 14.9 Å². The van der Waals surface area contributed by atoms with E-state index in [0.717, 1.165) is 35.5 Å².